The highest BCUT2D eigenvalue weighted by Gasteiger charge is 2.31. The molecule has 0 saturated carbocycles. The van der Waals surface area contributed by atoms with Crippen LogP contribution in [0.15, 0.2) is 194 Å². The molecule has 2 heterocycles. The van der Waals surface area contributed by atoms with Crippen molar-refractivity contribution in [2.45, 2.75) is 13.1 Å². The third-order valence-corrected chi connectivity index (χ3v) is 11.3. The van der Waals surface area contributed by atoms with Crippen molar-refractivity contribution in [2.75, 3.05) is 0 Å². The van der Waals surface area contributed by atoms with Crippen LogP contribution in [0.25, 0.3) is 99.6 Å². The fraction of sp³-hybridized carbons (Fsp3) is 0.0364. The van der Waals surface area contributed by atoms with Gasteiger partial charge in [-0.05, 0) is 77.7 Å². The monoisotopic (exact) mass is 808 g/mol. The Balaban J connectivity index is 1.32. The quantitative estimate of drug-likeness (QED) is 0.150. The summed E-state index contributed by atoms with van der Waals surface area (Å²) in [5.74, 6) is 0.440. The number of hydrogen-bond acceptors (Lipinski definition) is 2. The molecule has 0 atom stereocenters. The minimum absolute atomic E-state index is 0.399. The number of para-hydroxylation sites is 1. The van der Waals surface area contributed by atoms with Gasteiger partial charge in [0.05, 0.1) is 40.2 Å². The Morgan fingerprint density at radius 1 is 0.468 bits per heavy atom. The maximum Gasteiger partial charge on any atom is 0.416 e. The van der Waals surface area contributed by atoms with Gasteiger partial charge in [0.25, 0.3) is 0 Å². The third kappa shape index (κ3) is 7.08. The molecule has 10 aromatic rings. The summed E-state index contributed by atoms with van der Waals surface area (Å²) in [6.07, 6.45) is -4.57. The summed E-state index contributed by atoms with van der Waals surface area (Å²) < 4.78 is 46.0. The Morgan fingerprint density at radius 3 is 1.66 bits per heavy atom. The van der Waals surface area contributed by atoms with E-state index < -0.39 is 11.7 Å². The van der Waals surface area contributed by atoms with E-state index in [2.05, 4.69) is 51.9 Å². The molecule has 0 aliphatic heterocycles. The number of rotatable bonds is 7. The van der Waals surface area contributed by atoms with Gasteiger partial charge in [0.2, 0.25) is 0 Å². The molecule has 0 saturated heterocycles. The molecule has 10 rings (SSSR count). The van der Waals surface area contributed by atoms with Crippen molar-refractivity contribution < 1.29 is 13.2 Å². The van der Waals surface area contributed by atoms with Crippen LogP contribution in [0.2, 0.25) is 0 Å². The summed E-state index contributed by atoms with van der Waals surface area (Å²) in [5, 5.41) is 1.97. The first-order chi connectivity index (χ1) is 30.2. The van der Waals surface area contributed by atoms with Gasteiger partial charge in [-0.1, -0.05) is 151 Å². The van der Waals surface area contributed by atoms with Gasteiger partial charge >= 0.3 is 6.18 Å². The molecule has 0 N–H and O–H groups in total. The van der Waals surface area contributed by atoms with Gasteiger partial charge in [-0.15, -0.1) is 0 Å². The van der Waals surface area contributed by atoms with Crippen LogP contribution in [0.5, 0.6) is 0 Å². The molecule has 0 spiro atoms. The number of nitrogens with zero attached hydrogens (tertiary/aromatic N) is 4. The molecule has 2 aromatic heterocycles. The van der Waals surface area contributed by atoms with Crippen LogP contribution in [0.4, 0.5) is 18.9 Å². The van der Waals surface area contributed by atoms with Crippen LogP contribution in [0, 0.1) is 13.5 Å². The minimum Gasteiger partial charge on any atom is -0.308 e. The molecule has 296 valence electrons. The molecule has 0 aliphatic rings. The Morgan fingerprint density at radius 2 is 1.03 bits per heavy atom. The molecule has 8 aromatic carbocycles. The van der Waals surface area contributed by atoms with E-state index in [-0.39, 0.29) is 0 Å². The van der Waals surface area contributed by atoms with E-state index in [4.69, 9.17) is 16.5 Å². The molecular formula is C55H35F3N4. The van der Waals surface area contributed by atoms with Crippen molar-refractivity contribution in [1.82, 2.24) is 14.5 Å². The molecule has 0 amide bonds. The second-order valence-corrected chi connectivity index (χ2v) is 15.3. The lowest BCUT2D eigenvalue weighted by molar-refractivity contribution is -0.137. The second kappa shape index (κ2) is 15.5. The van der Waals surface area contributed by atoms with E-state index in [1.54, 1.807) is 6.07 Å². The van der Waals surface area contributed by atoms with Gasteiger partial charge in [0.1, 0.15) is 0 Å². The summed E-state index contributed by atoms with van der Waals surface area (Å²) >= 11 is 0. The number of fused-ring (bicyclic) bond motifs is 3. The largest absolute Gasteiger partial charge is 0.416 e. The van der Waals surface area contributed by atoms with Gasteiger partial charge in [0.15, 0.2) is 11.5 Å². The van der Waals surface area contributed by atoms with Gasteiger partial charge < -0.3 is 4.57 Å². The SMILES string of the molecule is [C-]#[N+]c1ccc(-c2ccc3c(c2)c2ccccc2n3-c2c(-c3cccc(C)c3)cc(-c3nc(-c4ccccc4)cc(-c4ccccc4)n3)cc2-c2cccc(C(F)(F)F)c2)cc1. The average Bonchev–Trinajstić information content (AvgIpc) is 3.64. The zero-order chi connectivity index (χ0) is 42.4. The number of benzene rings is 8. The summed E-state index contributed by atoms with van der Waals surface area (Å²) in [6.45, 7) is 9.46. The van der Waals surface area contributed by atoms with E-state index in [1.165, 1.54) is 12.1 Å². The fourth-order valence-corrected chi connectivity index (χ4v) is 8.33. The van der Waals surface area contributed by atoms with Crippen molar-refractivity contribution in [3.8, 4) is 73.0 Å². The normalized spacial score (nSPS) is 11.5. The minimum atomic E-state index is -4.57. The summed E-state index contributed by atoms with van der Waals surface area (Å²) in [7, 11) is 0. The maximum absolute atomic E-state index is 14.6. The topological polar surface area (TPSA) is 35.1 Å². The standard InChI is InChI=1S/C55H35F3N4/c1-35-13-11-18-40(29-35)46-32-42(54-60-49(37-14-5-3-6-15-37)34-50(61-54)38-16-7-4-8-17-38)33-47(41-19-12-20-43(30-41)55(56,57)58)53(46)62-51-22-10-9-21-45(51)48-31-39(25-28-52(48)62)36-23-26-44(59-2)27-24-36/h3-34H,1H3. The molecule has 0 radical (unpaired) electrons. The smallest absolute Gasteiger partial charge is 0.308 e. The van der Waals surface area contributed by atoms with E-state index in [0.717, 1.165) is 83.9 Å². The lowest BCUT2D eigenvalue weighted by Gasteiger charge is -2.22. The Labute approximate surface area is 356 Å². The van der Waals surface area contributed by atoms with Gasteiger partial charge in [-0.3, -0.25) is 0 Å². The highest BCUT2D eigenvalue weighted by atomic mass is 19.4. The van der Waals surface area contributed by atoms with E-state index in [1.807, 2.05) is 134 Å². The van der Waals surface area contributed by atoms with Crippen LogP contribution < -0.4 is 0 Å². The molecule has 4 nitrogen and oxygen atoms in total. The van der Waals surface area contributed by atoms with Crippen molar-refractivity contribution in [1.29, 1.82) is 0 Å². The van der Waals surface area contributed by atoms with Crippen LogP contribution in [-0.2, 0) is 6.18 Å². The van der Waals surface area contributed by atoms with Crippen LogP contribution in [-0.4, -0.2) is 14.5 Å². The fourth-order valence-electron chi connectivity index (χ4n) is 8.33. The van der Waals surface area contributed by atoms with E-state index in [9.17, 15) is 13.2 Å². The van der Waals surface area contributed by atoms with Crippen molar-refractivity contribution >= 4 is 27.5 Å². The highest BCUT2D eigenvalue weighted by molar-refractivity contribution is 6.12. The molecule has 0 bridgehead atoms. The van der Waals surface area contributed by atoms with Crippen LogP contribution in [0.3, 0.4) is 0 Å². The average molecular weight is 809 g/mol. The number of alkyl halides is 3. The summed E-state index contributed by atoms with van der Waals surface area (Å²) in [6, 6.07) is 61.5. The van der Waals surface area contributed by atoms with E-state index in [0.29, 0.717) is 28.2 Å². The van der Waals surface area contributed by atoms with Gasteiger partial charge in [-0.25, -0.2) is 14.8 Å². The van der Waals surface area contributed by atoms with Crippen LogP contribution >= 0.6 is 0 Å². The van der Waals surface area contributed by atoms with E-state index >= 15 is 0 Å². The number of aromatic nitrogens is 3. The summed E-state index contributed by atoms with van der Waals surface area (Å²) in [4.78, 5) is 13.9. The first-order valence-corrected chi connectivity index (χ1v) is 20.2. The molecule has 0 fully saturated rings. The Hall–Kier alpha value is -8.08. The predicted molar refractivity (Wildman–Crippen MR) is 245 cm³/mol. The lowest BCUT2D eigenvalue weighted by Crippen LogP contribution is -2.06. The van der Waals surface area contributed by atoms with Gasteiger partial charge in [-0.2, -0.15) is 13.2 Å². The number of hydrogen-bond donors (Lipinski definition) is 0. The summed E-state index contributed by atoms with van der Waals surface area (Å²) in [5.41, 5.74) is 11.9. The van der Waals surface area contributed by atoms with Crippen molar-refractivity contribution in [3.05, 3.63) is 217 Å². The predicted octanol–water partition coefficient (Wildman–Crippen LogP) is 15.5. The third-order valence-electron chi connectivity index (χ3n) is 11.3. The van der Waals surface area contributed by atoms with Crippen molar-refractivity contribution in [2.24, 2.45) is 0 Å². The molecular weight excluding hydrogens is 774 g/mol. The van der Waals surface area contributed by atoms with Gasteiger partial charge in [0, 0.05) is 38.6 Å². The highest BCUT2D eigenvalue weighted by Crippen LogP contribution is 2.45. The molecule has 0 aliphatic carbocycles. The maximum atomic E-state index is 14.6. The molecule has 62 heavy (non-hydrogen) atoms. The number of halogens is 3. The molecule has 7 heteroatoms. The van der Waals surface area contributed by atoms with Crippen molar-refractivity contribution in [3.63, 3.8) is 0 Å². The Kier molecular flexibility index (Phi) is 9.54. The second-order valence-electron chi connectivity index (χ2n) is 15.3. The lowest BCUT2D eigenvalue weighted by atomic mass is 9.91. The first-order valence-electron chi connectivity index (χ1n) is 20.2. The van der Waals surface area contributed by atoms with Crippen LogP contribution in [0.1, 0.15) is 11.1 Å². The molecule has 0 unspecified atom stereocenters. The zero-order valence-corrected chi connectivity index (χ0v) is 33.4. The zero-order valence-electron chi connectivity index (χ0n) is 33.4. The first kappa shape index (κ1) is 38.1. The number of aryl methyl sites for hydroxylation is 1. The Bertz CT molecular complexity index is 3290.